The SMILES string of the molecule is CCOP(C)(=S)Oc1ccccc1Cl. The highest BCUT2D eigenvalue weighted by Gasteiger charge is 2.13. The smallest absolute Gasteiger partial charge is 0.235 e. The van der Waals surface area contributed by atoms with Gasteiger partial charge in [0.05, 0.1) is 11.6 Å². The number of hydrogen-bond donors (Lipinski definition) is 0. The Bertz CT molecular complexity index is 356. The van der Waals surface area contributed by atoms with E-state index in [0.717, 1.165) is 0 Å². The van der Waals surface area contributed by atoms with Crippen molar-refractivity contribution in [1.82, 2.24) is 0 Å². The maximum Gasteiger partial charge on any atom is 0.235 e. The Kier molecular flexibility index (Phi) is 4.39. The van der Waals surface area contributed by atoms with Gasteiger partial charge < -0.3 is 9.05 Å². The molecule has 5 heteroatoms. The van der Waals surface area contributed by atoms with Gasteiger partial charge in [-0.25, -0.2) is 0 Å². The number of rotatable bonds is 4. The Balaban J connectivity index is 2.78. The lowest BCUT2D eigenvalue weighted by Crippen LogP contribution is -1.96. The summed E-state index contributed by atoms with van der Waals surface area (Å²) in [4.78, 5) is 0. The summed E-state index contributed by atoms with van der Waals surface area (Å²) in [6, 6.07) is 7.24. The van der Waals surface area contributed by atoms with E-state index in [1.54, 1.807) is 18.8 Å². The maximum absolute atomic E-state index is 5.92. The van der Waals surface area contributed by atoms with E-state index in [1.807, 2.05) is 19.1 Å². The maximum atomic E-state index is 5.92. The Morgan fingerprint density at radius 2 is 2.07 bits per heavy atom. The minimum atomic E-state index is -2.19. The zero-order chi connectivity index (χ0) is 10.6. The molecule has 0 bridgehead atoms. The summed E-state index contributed by atoms with van der Waals surface area (Å²) in [7, 11) is 0. The van der Waals surface area contributed by atoms with E-state index in [9.17, 15) is 0 Å². The van der Waals surface area contributed by atoms with Crippen LogP contribution in [0.3, 0.4) is 0 Å². The quantitative estimate of drug-likeness (QED) is 0.760. The first kappa shape index (κ1) is 12.0. The molecule has 0 saturated heterocycles. The third-order valence-corrected chi connectivity index (χ3v) is 3.57. The molecule has 0 heterocycles. The van der Waals surface area contributed by atoms with Crippen molar-refractivity contribution < 1.29 is 9.05 Å². The molecule has 1 rings (SSSR count). The van der Waals surface area contributed by atoms with Crippen LogP contribution in [0.4, 0.5) is 0 Å². The number of hydrogen-bond acceptors (Lipinski definition) is 3. The molecule has 0 aliphatic heterocycles. The Morgan fingerprint density at radius 3 is 2.64 bits per heavy atom. The molecule has 0 amide bonds. The van der Waals surface area contributed by atoms with Crippen LogP contribution in [-0.4, -0.2) is 13.3 Å². The molecule has 0 aromatic heterocycles. The first-order chi connectivity index (χ1) is 6.55. The van der Waals surface area contributed by atoms with E-state index < -0.39 is 6.49 Å². The number of para-hydroxylation sites is 1. The van der Waals surface area contributed by atoms with Crippen LogP contribution in [0, 0.1) is 0 Å². The van der Waals surface area contributed by atoms with Crippen molar-refractivity contribution in [2.45, 2.75) is 6.92 Å². The van der Waals surface area contributed by atoms with Crippen LogP contribution in [0.5, 0.6) is 5.75 Å². The summed E-state index contributed by atoms with van der Waals surface area (Å²) < 4.78 is 10.9. The van der Waals surface area contributed by atoms with E-state index >= 15 is 0 Å². The van der Waals surface area contributed by atoms with Crippen LogP contribution in [0.15, 0.2) is 24.3 Å². The lowest BCUT2D eigenvalue weighted by molar-refractivity contribution is 0.335. The molecule has 0 aliphatic carbocycles. The van der Waals surface area contributed by atoms with Crippen LogP contribution in [-0.2, 0) is 16.3 Å². The molecule has 0 N–H and O–H groups in total. The average Bonchev–Trinajstić information content (AvgIpc) is 2.08. The summed E-state index contributed by atoms with van der Waals surface area (Å²) in [6.07, 6.45) is 0. The van der Waals surface area contributed by atoms with E-state index in [4.69, 9.17) is 32.5 Å². The Morgan fingerprint density at radius 1 is 1.43 bits per heavy atom. The second-order valence-electron chi connectivity index (χ2n) is 2.71. The van der Waals surface area contributed by atoms with Gasteiger partial charge in [-0.3, -0.25) is 0 Å². The topological polar surface area (TPSA) is 18.5 Å². The van der Waals surface area contributed by atoms with Gasteiger partial charge >= 0.3 is 0 Å². The molecule has 1 aromatic carbocycles. The van der Waals surface area contributed by atoms with E-state index in [1.165, 1.54) is 0 Å². The lowest BCUT2D eigenvalue weighted by atomic mass is 10.3. The first-order valence-corrected chi connectivity index (χ1v) is 7.67. The summed E-state index contributed by atoms with van der Waals surface area (Å²) in [5, 5.41) is 0.559. The molecule has 1 unspecified atom stereocenters. The predicted octanol–water partition coefficient (Wildman–Crippen LogP) is 3.69. The number of halogens is 1. The Hall–Kier alpha value is -0.0800. The normalized spacial score (nSPS) is 14.8. The summed E-state index contributed by atoms with van der Waals surface area (Å²) in [5.41, 5.74) is 0. The molecule has 0 spiro atoms. The van der Waals surface area contributed by atoms with E-state index in [-0.39, 0.29) is 0 Å². The molecule has 0 saturated carbocycles. The molecular weight excluding hydrogens is 239 g/mol. The second-order valence-corrected chi connectivity index (χ2v) is 7.09. The molecular formula is C9H12ClO2PS. The summed E-state index contributed by atoms with van der Waals surface area (Å²) in [5.74, 6) is 0.591. The molecule has 0 fully saturated rings. The van der Waals surface area contributed by atoms with Crippen molar-refractivity contribution >= 4 is 29.9 Å². The van der Waals surface area contributed by atoms with Crippen LogP contribution in [0.1, 0.15) is 6.92 Å². The third-order valence-electron chi connectivity index (χ3n) is 1.46. The highest BCUT2D eigenvalue weighted by atomic mass is 35.5. The number of benzene rings is 1. The van der Waals surface area contributed by atoms with E-state index in [2.05, 4.69) is 0 Å². The van der Waals surface area contributed by atoms with Crippen LogP contribution < -0.4 is 4.52 Å². The summed E-state index contributed by atoms with van der Waals surface area (Å²) in [6.45, 7) is 2.04. The molecule has 0 aliphatic rings. The van der Waals surface area contributed by atoms with Gasteiger partial charge in [0.25, 0.3) is 0 Å². The fourth-order valence-electron chi connectivity index (χ4n) is 0.958. The van der Waals surface area contributed by atoms with Gasteiger partial charge in [0.1, 0.15) is 5.75 Å². The van der Waals surface area contributed by atoms with Gasteiger partial charge in [0.15, 0.2) is 0 Å². The third kappa shape index (κ3) is 3.58. The van der Waals surface area contributed by atoms with Crippen molar-refractivity contribution in [2.24, 2.45) is 0 Å². The molecule has 14 heavy (non-hydrogen) atoms. The first-order valence-electron chi connectivity index (χ1n) is 4.21. The molecule has 0 radical (unpaired) electrons. The van der Waals surface area contributed by atoms with Crippen molar-refractivity contribution in [3.8, 4) is 5.75 Å². The molecule has 1 aromatic rings. The van der Waals surface area contributed by atoms with Crippen molar-refractivity contribution in [3.63, 3.8) is 0 Å². The zero-order valence-corrected chi connectivity index (χ0v) is 10.5. The largest absolute Gasteiger partial charge is 0.442 e. The van der Waals surface area contributed by atoms with Gasteiger partial charge in [-0.05, 0) is 30.9 Å². The molecule has 2 nitrogen and oxygen atoms in total. The molecule has 78 valence electrons. The lowest BCUT2D eigenvalue weighted by Gasteiger charge is -2.18. The van der Waals surface area contributed by atoms with Gasteiger partial charge in [-0.15, -0.1) is 0 Å². The predicted molar refractivity (Wildman–Crippen MR) is 63.9 cm³/mol. The average molecular weight is 251 g/mol. The highest BCUT2D eigenvalue weighted by molar-refractivity contribution is 8.09. The van der Waals surface area contributed by atoms with Gasteiger partial charge in [0.2, 0.25) is 6.49 Å². The minimum Gasteiger partial charge on any atom is -0.442 e. The van der Waals surface area contributed by atoms with Crippen molar-refractivity contribution in [1.29, 1.82) is 0 Å². The van der Waals surface area contributed by atoms with Crippen molar-refractivity contribution in [2.75, 3.05) is 13.3 Å². The van der Waals surface area contributed by atoms with Gasteiger partial charge in [-0.2, -0.15) is 0 Å². The van der Waals surface area contributed by atoms with Gasteiger partial charge in [-0.1, -0.05) is 23.7 Å². The fraction of sp³-hybridized carbons (Fsp3) is 0.333. The highest BCUT2D eigenvalue weighted by Crippen LogP contribution is 2.46. The van der Waals surface area contributed by atoms with Crippen LogP contribution in [0.2, 0.25) is 5.02 Å². The summed E-state index contributed by atoms with van der Waals surface area (Å²) >= 11 is 11.1. The second kappa shape index (κ2) is 5.13. The monoisotopic (exact) mass is 250 g/mol. The fourth-order valence-corrected chi connectivity index (χ4v) is 2.78. The van der Waals surface area contributed by atoms with E-state index in [0.29, 0.717) is 17.4 Å². The van der Waals surface area contributed by atoms with Gasteiger partial charge in [0, 0.05) is 6.66 Å². The Labute approximate surface area is 94.3 Å². The minimum absolute atomic E-state index is 0.554. The standard InChI is InChI=1S/C9H12ClO2PS/c1-3-11-13(2,14)12-9-7-5-4-6-8(9)10/h4-7H,3H2,1-2H3. The van der Waals surface area contributed by atoms with Crippen LogP contribution >= 0.6 is 18.1 Å². The zero-order valence-electron chi connectivity index (χ0n) is 8.07. The van der Waals surface area contributed by atoms with Crippen LogP contribution in [0.25, 0.3) is 0 Å². The molecule has 1 atom stereocenters. The van der Waals surface area contributed by atoms with Crippen molar-refractivity contribution in [3.05, 3.63) is 29.3 Å².